The first kappa shape index (κ1) is 30.8. The molecule has 0 aliphatic carbocycles. The van der Waals surface area contributed by atoms with E-state index in [2.05, 4.69) is 24.5 Å². The highest BCUT2D eigenvalue weighted by molar-refractivity contribution is 8.00. The van der Waals surface area contributed by atoms with Gasteiger partial charge in [-0.3, -0.25) is 19.2 Å². The van der Waals surface area contributed by atoms with Gasteiger partial charge in [0.15, 0.2) is 0 Å². The number of nitrogens with zero attached hydrogens (tertiary/aromatic N) is 1. The van der Waals surface area contributed by atoms with Crippen molar-refractivity contribution in [1.29, 1.82) is 0 Å². The zero-order chi connectivity index (χ0) is 31.2. The Morgan fingerprint density at radius 3 is 2.18 bits per heavy atom. The number of anilines is 2. The van der Waals surface area contributed by atoms with Gasteiger partial charge in [-0.1, -0.05) is 67.9 Å². The number of amides is 4. The van der Waals surface area contributed by atoms with E-state index in [0.717, 1.165) is 10.5 Å². The second kappa shape index (κ2) is 13.8. The second-order valence-electron chi connectivity index (χ2n) is 10.5. The lowest BCUT2D eigenvalue weighted by molar-refractivity contribution is -0.121. The number of rotatable bonds is 9. The lowest BCUT2D eigenvalue weighted by Crippen LogP contribution is -2.31. The van der Waals surface area contributed by atoms with E-state index in [-0.39, 0.29) is 23.9 Å². The average molecular weight is 624 g/mol. The molecule has 4 amide bonds. The van der Waals surface area contributed by atoms with Crippen molar-refractivity contribution in [1.82, 2.24) is 5.32 Å². The van der Waals surface area contributed by atoms with Gasteiger partial charge in [-0.2, -0.15) is 0 Å². The highest BCUT2D eigenvalue weighted by atomic mass is 35.5. The van der Waals surface area contributed by atoms with Crippen molar-refractivity contribution in [2.75, 3.05) is 10.2 Å². The van der Waals surface area contributed by atoms with Crippen molar-refractivity contribution in [2.45, 2.75) is 36.3 Å². The molecule has 0 aromatic heterocycles. The molecular weight excluding hydrogens is 594 g/mol. The lowest BCUT2D eigenvalue weighted by atomic mass is 10.0. The molecule has 44 heavy (non-hydrogen) atoms. The maximum absolute atomic E-state index is 13.3. The highest BCUT2D eigenvalue weighted by Crippen LogP contribution is 2.35. The number of halogens is 1. The van der Waals surface area contributed by atoms with Crippen LogP contribution in [0.5, 0.6) is 0 Å². The molecule has 5 rings (SSSR count). The molecule has 2 N–H and O–H groups in total. The van der Waals surface area contributed by atoms with Gasteiger partial charge >= 0.3 is 0 Å². The zero-order valence-corrected chi connectivity index (χ0v) is 25.7. The second-order valence-corrected chi connectivity index (χ2v) is 12.2. The van der Waals surface area contributed by atoms with E-state index < -0.39 is 17.1 Å². The molecule has 0 saturated carbocycles. The summed E-state index contributed by atoms with van der Waals surface area (Å²) in [6, 6.07) is 30.0. The van der Waals surface area contributed by atoms with E-state index >= 15 is 0 Å². The molecule has 1 fully saturated rings. The van der Waals surface area contributed by atoms with E-state index in [1.54, 1.807) is 84.9 Å². The number of nitrogens with one attached hydrogen (secondary N) is 2. The minimum Gasteiger partial charge on any atom is -0.321 e. The Balaban J connectivity index is 1.26. The third-order valence-electron chi connectivity index (χ3n) is 7.02. The fourth-order valence-electron chi connectivity index (χ4n) is 4.62. The number of thioether (sulfide) groups is 1. The zero-order valence-electron chi connectivity index (χ0n) is 24.1. The predicted octanol–water partition coefficient (Wildman–Crippen LogP) is 7.30. The molecule has 1 aliphatic heterocycles. The summed E-state index contributed by atoms with van der Waals surface area (Å²) in [7, 11) is 0. The first-order valence-corrected chi connectivity index (χ1v) is 15.3. The van der Waals surface area contributed by atoms with Crippen LogP contribution >= 0.6 is 23.4 Å². The van der Waals surface area contributed by atoms with Crippen LogP contribution in [0.1, 0.15) is 47.7 Å². The summed E-state index contributed by atoms with van der Waals surface area (Å²) < 4.78 is 0. The van der Waals surface area contributed by atoms with Crippen LogP contribution in [0.2, 0.25) is 5.02 Å². The fourth-order valence-corrected chi connectivity index (χ4v) is 5.80. The van der Waals surface area contributed by atoms with Crippen molar-refractivity contribution >= 4 is 64.4 Å². The summed E-state index contributed by atoms with van der Waals surface area (Å²) in [6.07, 6.45) is 1.68. The van der Waals surface area contributed by atoms with Crippen LogP contribution in [0.15, 0.2) is 114 Å². The Morgan fingerprint density at radius 1 is 0.886 bits per heavy atom. The highest BCUT2D eigenvalue weighted by Gasteiger charge is 2.40. The predicted molar refractivity (Wildman–Crippen MR) is 176 cm³/mol. The number of carbonyl (C=O) groups is 4. The molecule has 4 aromatic carbocycles. The van der Waals surface area contributed by atoms with Gasteiger partial charge in [-0.05, 0) is 83.8 Å². The SMILES string of the molecule is CC(C)c1ccc(N2C(=O)CC(Sc3ccc(NC(=O)/C(=C/c4ccc(Cl)cc4)NC(=O)c4ccccc4)cc3)C2=O)cc1. The van der Waals surface area contributed by atoms with E-state index in [9.17, 15) is 19.2 Å². The summed E-state index contributed by atoms with van der Waals surface area (Å²) in [4.78, 5) is 54.1. The molecule has 0 bridgehead atoms. The number of carbonyl (C=O) groups excluding carboxylic acids is 4. The lowest BCUT2D eigenvalue weighted by Gasteiger charge is -2.16. The third kappa shape index (κ3) is 7.45. The minimum absolute atomic E-state index is 0.0520. The van der Waals surface area contributed by atoms with Crippen LogP contribution < -0.4 is 15.5 Å². The minimum atomic E-state index is -0.546. The van der Waals surface area contributed by atoms with Gasteiger partial charge in [0, 0.05) is 27.6 Å². The van der Waals surface area contributed by atoms with Gasteiger partial charge < -0.3 is 10.6 Å². The van der Waals surface area contributed by atoms with Crippen LogP contribution in [0.3, 0.4) is 0 Å². The number of hydrogen-bond donors (Lipinski definition) is 2. The Kier molecular flexibility index (Phi) is 9.62. The van der Waals surface area contributed by atoms with Crippen molar-refractivity contribution in [3.8, 4) is 0 Å². The van der Waals surface area contributed by atoms with Gasteiger partial charge in [0.1, 0.15) is 5.70 Å². The molecule has 0 radical (unpaired) electrons. The standard InChI is InChI=1S/C35H30ClN3O4S/c1-22(2)24-10-16-28(17-11-24)39-32(40)21-31(35(39)43)44-29-18-14-27(15-19-29)37-34(42)30(20-23-8-12-26(36)13-9-23)38-33(41)25-6-4-3-5-7-25/h3-20,22,31H,21H2,1-2H3,(H,37,42)(H,38,41)/b30-20-. The van der Waals surface area contributed by atoms with Crippen molar-refractivity contribution < 1.29 is 19.2 Å². The van der Waals surface area contributed by atoms with Crippen molar-refractivity contribution in [2.24, 2.45) is 0 Å². The quantitative estimate of drug-likeness (QED) is 0.151. The number of hydrogen-bond acceptors (Lipinski definition) is 5. The summed E-state index contributed by atoms with van der Waals surface area (Å²) >= 11 is 7.31. The van der Waals surface area contributed by atoms with Crippen LogP contribution in [0.25, 0.3) is 6.08 Å². The normalized spacial score (nSPS) is 15.0. The van der Waals surface area contributed by atoms with E-state index in [1.807, 2.05) is 24.3 Å². The van der Waals surface area contributed by atoms with Gasteiger partial charge in [0.2, 0.25) is 11.8 Å². The molecule has 7 nitrogen and oxygen atoms in total. The monoisotopic (exact) mass is 623 g/mol. The maximum atomic E-state index is 13.3. The van der Waals surface area contributed by atoms with Gasteiger partial charge in [0.25, 0.3) is 11.8 Å². The maximum Gasteiger partial charge on any atom is 0.272 e. The molecule has 9 heteroatoms. The summed E-state index contributed by atoms with van der Waals surface area (Å²) in [5.41, 5.74) is 3.35. The molecule has 1 saturated heterocycles. The topological polar surface area (TPSA) is 95.6 Å². The molecule has 222 valence electrons. The summed E-state index contributed by atoms with van der Waals surface area (Å²) in [6.45, 7) is 4.18. The van der Waals surface area contributed by atoms with Crippen molar-refractivity contribution in [3.05, 3.63) is 131 Å². The number of benzene rings is 4. The van der Waals surface area contributed by atoms with Crippen LogP contribution in [-0.4, -0.2) is 28.9 Å². The van der Waals surface area contributed by atoms with Gasteiger partial charge in [0.05, 0.1) is 10.9 Å². The summed E-state index contributed by atoms with van der Waals surface area (Å²) in [5.74, 6) is -1.06. The number of imide groups is 1. The van der Waals surface area contributed by atoms with Crippen LogP contribution in [0.4, 0.5) is 11.4 Å². The smallest absolute Gasteiger partial charge is 0.272 e. The molecular formula is C35H30ClN3O4S. The largest absolute Gasteiger partial charge is 0.321 e. The van der Waals surface area contributed by atoms with Crippen LogP contribution in [0, 0.1) is 0 Å². The first-order chi connectivity index (χ1) is 21.2. The Morgan fingerprint density at radius 2 is 1.55 bits per heavy atom. The molecule has 1 heterocycles. The molecule has 1 aliphatic rings. The third-order valence-corrected chi connectivity index (χ3v) is 8.47. The van der Waals surface area contributed by atoms with Gasteiger partial charge in [-0.15, -0.1) is 11.8 Å². The fraction of sp³-hybridized carbons (Fsp3) is 0.143. The van der Waals surface area contributed by atoms with Crippen LogP contribution in [-0.2, 0) is 14.4 Å². The Hall–Kier alpha value is -4.66. The molecule has 0 spiro atoms. The van der Waals surface area contributed by atoms with E-state index in [0.29, 0.717) is 33.4 Å². The Labute approximate surface area is 265 Å². The van der Waals surface area contributed by atoms with Crippen molar-refractivity contribution in [3.63, 3.8) is 0 Å². The molecule has 4 aromatic rings. The van der Waals surface area contributed by atoms with Gasteiger partial charge in [-0.25, -0.2) is 4.90 Å². The summed E-state index contributed by atoms with van der Waals surface area (Å²) in [5, 5.41) is 5.54. The van der Waals surface area contributed by atoms with E-state index in [4.69, 9.17) is 11.6 Å². The first-order valence-electron chi connectivity index (χ1n) is 14.1. The molecule has 1 unspecified atom stereocenters. The molecule has 1 atom stereocenters. The van der Waals surface area contributed by atoms with E-state index in [1.165, 1.54) is 16.7 Å². The average Bonchev–Trinajstić information content (AvgIpc) is 3.30. The Bertz CT molecular complexity index is 1700.